The maximum Gasteiger partial charge on any atom is 0.238 e. The standard InChI is InChI=1S/C11H14.C10H12O.C10H10O.C10H12.C10H10.C9H10O2.C9H10O.C8H8O2/c1-9-6-7-10-4-2-3-5-11(10)8-9;2*1-8-6-7-9-4-2-3-5-10(9)11-8;2*1-8-6-9-4-2-3-5-10(9)7-8;1-7-6-10-8-4-2-3-5-9(8)11-7;1-7-6-8-4-2-3-5-9(8)10-7;1-6-9-7-4-2-3-5-8(7)10-6/h2-5,9H,6-8H2,1H3;2-5,8H,6-7H2,1H3;2-8H,1H3;2-5,8H,6-7H2,1H3;2-6H,7H2,1H3;2-5,7H,6H2,1H3;2-5,7H,6H2,1H3;2-6H,1H3. The van der Waals surface area contributed by atoms with E-state index < -0.39 is 0 Å². The lowest BCUT2D eigenvalue weighted by molar-refractivity contribution is 0.0678. The summed E-state index contributed by atoms with van der Waals surface area (Å²) >= 11 is 0. The van der Waals surface area contributed by atoms with Crippen LogP contribution in [0.1, 0.15) is 118 Å². The van der Waals surface area contributed by atoms with Crippen molar-refractivity contribution in [3.05, 3.63) is 256 Å². The monoisotopic (exact) mass is 1120 g/mol. The van der Waals surface area contributed by atoms with Gasteiger partial charge in [0.25, 0.3) is 0 Å². The fourth-order valence-electron chi connectivity index (χ4n) is 11.3. The smallest absolute Gasteiger partial charge is 0.238 e. The van der Waals surface area contributed by atoms with E-state index in [4.69, 9.17) is 33.2 Å². The van der Waals surface area contributed by atoms with E-state index in [0.29, 0.717) is 18.8 Å². The Balaban J connectivity index is 0.000000115. The van der Waals surface area contributed by atoms with Crippen LogP contribution in [-0.2, 0) is 44.9 Å². The molecule has 0 fully saturated rings. The van der Waals surface area contributed by atoms with Gasteiger partial charge in [-0.05, 0) is 191 Å². The predicted molar refractivity (Wildman–Crippen MR) is 344 cm³/mol. The van der Waals surface area contributed by atoms with Gasteiger partial charge in [-0.2, -0.15) is 0 Å². The number of allylic oxidation sites excluding steroid dienone is 1. The Morgan fingerprint density at radius 2 is 0.774 bits per heavy atom. The summed E-state index contributed by atoms with van der Waals surface area (Å²) in [6.45, 7) is 17.6. The molecule has 5 atom stereocenters. The molecule has 8 aromatic carbocycles. The van der Waals surface area contributed by atoms with Crippen molar-refractivity contribution in [1.29, 1.82) is 0 Å². The molecule has 5 heterocycles. The van der Waals surface area contributed by atoms with E-state index in [1.807, 2.05) is 112 Å². The maximum atomic E-state index is 5.63. The Kier molecular flexibility index (Phi) is 21.9. The highest BCUT2D eigenvalue weighted by Crippen LogP contribution is 2.35. The summed E-state index contributed by atoms with van der Waals surface area (Å²) in [5, 5.41) is 0. The molecule has 0 saturated carbocycles. The molecule has 0 spiro atoms. The zero-order valence-corrected chi connectivity index (χ0v) is 50.7. The number of benzene rings is 8. The molecule has 0 saturated heterocycles. The van der Waals surface area contributed by atoms with Gasteiger partial charge in [0, 0.05) is 18.9 Å². The molecule has 0 aromatic heterocycles. The topological polar surface area (TPSA) is 64.6 Å². The van der Waals surface area contributed by atoms with Crippen LogP contribution >= 0.6 is 0 Å². The summed E-state index contributed by atoms with van der Waals surface area (Å²) in [6.07, 6.45) is 18.5. The van der Waals surface area contributed by atoms with E-state index in [0.717, 1.165) is 77.8 Å². The van der Waals surface area contributed by atoms with Crippen LogP contribution in [0.25, 0.3) is 12.2 Å². The van der Waals surface area contributed by atoms with Gasteiger partial charge in [0.05, 0.1) is 6.10 Å². The van der Waals surface area contributed by atoms with Crippen molar-refractivity contribution in [2.75, 3.05) is 6.61 Å². The van der Waals surface area contributed by atoms with E-state index >= 15 is 0 Å². The molecular formula is C77H86O7. The van der Waals surface area contributed by atoms with Gasteiger partial charge >= 0.3 is 0 Å². The lowest BCUT2D eigenvalue weighted by Crippen LogP contribution is -2.25. The number of aryl methyl sites for hydroxylation is 2. The van der Waals surface area contributed by atoms with Crippen molar-refractivity contribution in [3.63, 3.8) is 0 Å². The Hall–Kier alpha value is -8.16. The predicted octanol–water partition coefficient (Wildman–Crippen LogP) is 18.4. The molecule has 5 unspecified atom stereocenters. The fraction of sp³-hybridized carbons (Fsp3) is 0.325. The van der Waals surface area contributed by atoms with E-state index in [9.17, 15) is 0 Å². The number of hydrogen-bond donors (Lipinski definition) is 0. The number of fused-ring (bicyclic) bond motifs is 8. The Bertz CT molecular complexity index is 3070. The molecule has 8 aliphatic rings. The normalized spacial score (nSPS) is 19.7. The van der Waals surface area contributed by atoms with Crippen LogP contribution in [0.2, 0.25) is 0 Å². The van der Waals surface area contributed by atoms with Crippen LogP contribution in [0.3, 0.4) is 0 Å². The highest BCUT2D eigenvalue weighted by Gasteiger charge is 2.21. The summed E-state index contributed by atoms with van der Waals surface area (Å²) in [5.41, 5.74) is 14.5. The first kappa shape index (κ1) is 60.4. The van der Waals surface area contributed by atoms with Crippen molar-refractivity contribution in [2.24, 2.45) is 11.8 Å². The van der Waals surface area contributed by atoms with Crippen molar-refractivity contribution in [1.82, 2.24) is 0 Å². The van der Waals surface area contributed by atoms with Gasteiger partial charge in [0.1, 0.15) is 42.2 Å². The molecule has 7 heteroatoms. The first-order valence-corrected chi connectivity index (χ1v) is 30.5. The second-order valence-corrected chi connectivity index (χ2v) is 23.2. The maximum absolute atomic E-state index is 5.63. The van der Waals surface area contributed by atoms with E-state index in [1.165, 1.54) is 65.5 Å². The number of ether oxygens (including phenoxy) is 7. The highest BCUT2D eigenvalue weighted by atomic mass is 16.7. The minimum Gasteiger partial charge on any atom is -0.490 e. The second kappa shape index (κ2) is 30.4. The van der Waals surface area contributed by atoms with E-state index in [-0.39, 0.29) is 18.5 Å². The third kappa shape index (κ3) is 17.9. The molecule has 84 heavy (non-hydrogen) atoms. The van der Waals surface area contributed by atoms with Crippen LogP contribution in [0.15, 0.2) is 206 Å². The van der Waals surface area contributed by atoms with Gasteiger partial charge in [-0.15, -0.1) is 0 Å². The molecule has 0 amide bonds. The van der Waals surface area contributed by atoms with Crippen LogP contribution in [0.4, 0.5) is 0 Å². The summed E-state index contributed by atoms with van der Waals surface area (Å²) in [4.78, 5) is 0. The molecule has 5 aliphatic heterocycles. The minimum atomic E-state index is -0.127. The summed E-state index contributed by atoms with van der Waals surface area (Å²) in [6, 6.07) is 66.1. The van der Waals surface area contributed by atoms with Gasteiger partial charge < -0.3 is 33.2 Å². The number of rotatable bonds is 0. The van der Waals surface area contributed by atoms with Crippen LogP contribution in [-0.4, -0.2) is 37.3 Å². The minimum absolute atomic E-state index is 0.127. The zero-order valence-electron chi connectivity index (χ0n) is 50.7. The molecule has 436 valence electrons. The Labute approximate surface area is 501 Å². The molecule has 3 aliphatic carbocycles. The lowest BCUT2D eigenvalue weighted by atomic mass is 9.85. The van der Waals surface area contributed by atoms with Crippen LogP contribution in [0.5, 0.6) is 40.2 Å². The van der Waals surface area contributed by atoms with Crippen molar-refractivity contribution in [2.45, 2.75) is 144 Å². The van der Waals surface area contributed by atoms with Gasteiger partial charge in [-0.1, -0.05) is 183 Å². The highest BCUT2D eigenvalue weighted by molar-refractivity contribution is 5.63. The van der Waals surface area contributed by atoms with Crippen LogP contribution < -0.4 is 33.2 Å². The van der Waals surface area contributed by atoms with Crippen molar-refractivity contribution in [3.8, 4) is 40.2 Å². The largest absolute Gasteiger partial charge is 0.490 e. The molecule has 8 aromatic rings. The first-order valence-electron chi connectivity index (χ1n) is 30.5. The second-order valence-electron chi connectivity index (χ2n) is 23.2. The zero-order chi connectivity index (χ0) is 58.6. The summed E-state index contributed by atoms with van der Waals surface area (Å²) < 4.78 is 38.2. The quantitative estimate of drug-likeness (QED) is 0.150. The van der Waals surface area contributed by atoms with E-state index in [2.05, 4.69) is 156 Å². The first-order chi connectivity index (χ1) is 40.9. The van der Waals surface area contributed by atoms with Gasteiger partial charge in [-0.25, -0.2) is 0 Å². The Morgan fingerprint density at radius 1 is 0.333 bits per heavy atom. The van der Waals surface area contributed by atoms with Crippen LogP contribution in [0, 0.1) is 11.8 Å². The molecule has 0 N–H and O–H groups in total. The van der Waals surface area contributed by atoms with E-state index in [1.54, 1.807) is 22.3 Å². The summed E-state index contributed by atoms with van der Waals surface area (Å²) in [5.74, 6) is 8.29. The molecular weight excluding hydrogens is 1040 g/mol. The molecule has 0 bridgehead atoms. The number of para-hydroxylation sites is 7. The van der Waals surface area contributed by atoms with Gasteiger partial charge in [-0.3, -0.25) is 0 Å². The average molecular weight is 1120 g/mol. The Morgan fingerprint density at radius 3 is 1.39 bits per heavy atom. The third-order valence-corrected chi connectivity index (χ3v) is 15.6. The van der Waals surface area contributed by atoms with Crippen molar-refractivity contribution >= 4 is 12.2 Å². The van der Waals surface area contributed by atoms with Gasteiger partial charge in [0.2, 0.25) is 6.29 Å². The number of hydrogen-bond acceptors (Lipinski definition) is 7. The van der Waals surface area contributed by atoms with Crippen molar-refractivity contribution < 1.29 is 33.2 Å². The molecule has 0 radical (unpaired) electrons. The van der Waals surface area contributed by atoms with Gasteiger partial charge in [0.15, 0.2) is 23.0 Å². The SMILES string of the molecule is CC1=Cc2ccccc2C1.CC1C=Cc2ccccc2O1.CC1CCc2ccccc2C1.CC1CCc2ccccc2O1.CC1COc2ccccc2O1.CC1Cc2ccccc2C1.CC1Cc2ccccc2O1.CC1Oc2ccccc2O1. The third-order valence-electron chi connectivity index (χ3n) is 15.6. The molecule has 7 nitrogen and oxygen atoms in total. The molecule has 16 rings (SSSR count). The lowest BCUT2D eigenvalue weighted by Gasteiger charge is -2.23. The fourth-order valence-corrected chi connectivity index (χ4v) is 11.3. The summed E-state index contributed by atoms with van der Waals surface area (Å²) in [7, 11) is 0. The average Bonchev–Trinajstić information content (AvgIpc) is 4.33.